The Hall–Kier alpha value is -2.20. The second kappa shape index (κ2) is 6.92. The lowest BCUT2D eigenvalue weighted by molar-refractivity contribution is 0.0636. The second-order valence-corrected chi connectivity index (χ2v) is 6.14. The third-order valence-corrected chi connectivity index (χ3v) is 4.37. The average molecular weight is 329 g/mol. The summed E-state index contributed by atoms with van der Waals surface area (Å²) in [5.41, 5.74) is 1.21. The van der Waals surface area contributed by atoms with E-state index in [9.17, 15) is 9.59 Å². The molecule has 0 radical (unpaired) electrons. The van der Waals surface area contributed by atoms with Crippen molar-refractivity contribution in [3.8, 4) is 0 Å². The van der Waals surface area contributed by atoms with E-state index in [4.69, 9.17) is 11.6 Å². The molecule has 1 amide bonds. The van der Waals surface area contributed by atoms with Gasteiger partial charge in [-0.25, -0.2) is 0 Å². The van der Waals surface area contributed by atoms with E-state index >= 15 is 0 Å². The summed E-state index contributed by atoms with van der Waals surface area (Å²) in [7, 11) is 0. The molecule has 1 aliphatic heterocycles. The summed E-state index contributed by atoms with van der Waals surface area (Å²) in [5, 5.41) is 0.610. The van der Waals surface area contributed by atoms with Gasteiger partial charge in [0.25, 0.3) is 5.91 Å². The fourth-order valence-electron chi connectivity index (χ4n) is 2.90. The first kappa shape index (κ1) is 15.7. The van der Waals surface area contributed by atoms with Crippen molar-refractivity contribution < 1.29 is 9.59 Å². The molecule has 1 aromatic carbocycles. The predicted octanol–water partition coefficient (Wildman–Crippen LogP) is 3.47. The van der Waals surface area contributed by atoms with E-state index in [1.54, 1.807) is 53.7 Å². The number of hydrogen-bond donors (Lipinski definition) is 0. The van der Waals surface area contributed by atoms with Gasteiger partial charge in [0.15, 0.2) is 5.78 Å². The number of hydrogen-bond acceptors (Lipinski definition) is 3. The number of rotatable bonds is 3. The zero-order valence-electron chi connectivity index (χ0n) is 12.6. The quantitative estimate of drug-likeness (QED) is 0.811. The summed E-state index contributed by atoms with van der Waals surface area (Å²) < 4.78 is 0. The van der Waals surface area contributed by atoms with E-state index in [0.29, 0.717) is 29.2 Å². The van der Waals surface area contributed by atoms with Crippen LogP contribution >= 0.6 is 11.6 Å². The summed E-state index contributed by atoms with van der Waals surface area (Å²) in [6.45, 7) is 1.13. The Kier molecular flexibility index (Phi) is 4.72. The van der Waals surface area contributed by atoms with Crippen molar-refractivity contribution in [2.45, 2.75) is 12.8 Å². The largest absolute Gasteiger partial charge is 0.338 e. The highest BCUT2D eigenvalue weighted by atomic mass is 35.5. The van der Waals surface area contributed by atoms with Crippen molar-refractivity contribution in [3.63, 3.8) is 0 Å². The van der Waals surface area contributed by atoms with Gasteiger partial charge in [-0.3, -0.25) is 14.6 Å². The lowest BCUT2D eigenvalue weighted by Crippen LogP contribution is -2.42. The van der Waals surface area contributed by atoms with E-state index in [-0.39, 0.29) is 17.6 Å². The first-order valence-corrected chi connectivity index (χ1v) is 8.02. The molecule has 0 saturated carbocycles. The molecule has 2 heterocycles. The van der Waals surface area contributed by atoms with Crippen LogP contribution in [0.5, 0.6) is 0 Å². The zero-order valence-corrected chi connectivity index (χ0v) is 13.4. The fourth-order valence-corrected chi connectivity index (χ4v) is 3.02. The lowest BCUT2D eigenvalue weighted by atomic mass is 9.90. The molecule has 2 aromatic rings. The smallest absolute Gasteiger partial charge is 0.255 e. The van der Waals surface area contributed by atoms with Crippen LogP contribution in [-0.4, -0.2) is 34.7 Å². The van der Waals surface area contributed by atoms with Crippen molar-refractivity contribution in [2.75, 3.05) is 13.1 Å². The molecule has 1 fully saturated rings. The van der Waals surface area contributed by atoms with Crippen LogP contribution in [0.1, 0.15) is 33.6 Å². The lowest BCUT2D eigenvalue weighted by Gasteiger charge is -2.32. The third-order valence-electron chi connectivity index (χ3n) is 4.12. The van der Waals surface area contributed by atoms with Gasteiger partial charge in [-0.15, -0.1) is 0 Å². The van der Waals surface area contributed by atoms with E-state index in [1.807, 2.05) is 0 Å². The topological polar surface area (TPSA) is 50.3 Å². The van der Waals surface area contributed by atoms with Crippen LogP contribution < -0.4 is 0 Å². The standard InChI is InChI=1S/C18H17ClN2O2/c19-16-7-5-13(6-8-16)17(22)15-4-2-10-21(12-15)18(23)14-3-1-9-20-11-14/h1,3,5-9,11,15H,2,4,10,12H2. The van der Waals surface area contributed by atoms with Gasteiger partial charge >= 0.3 is 0 Å². The number of amides is 1. The summed E-state index contributed by atoms with van der Waals surface area (Å²) >= 11 is 5.86. The van der Waals surface area contributed by atoms with Crippen LogP contribution in [0.3, 0.4) is 0 Å². The van der Waals surface area contributed by atoms with Crippen LogP contribution in [-0.2, 0) is 0 Å². The fraction of sp³-hybridized carbons (Fsp3) is 0.278. The molecule has 0 spiro atoms. The molecular formula is C18H17ClN2O2. The zero-order chi connectivity index (χ0) is 16.2. The normalized spacial score (nSPS) is 17.8. The molecule has 0 aliphatic carbocycles. The Morgan fingerprint density at radius 1 is 1.13 bits per heavy atom. The number of piperidine rings is 1. The minimum Gasteiger partial charge on any atom is -0.338 e. The van der Waals surface area contributed by atoms with Crippen LogP contribution in [0.2, 0.25) is 5.02 Å². The molecule has 1 atom stereocenters. The van der Waals surface area contributed by atoms with Gasteiger partial charge in [-0.1, -0.05) is 11.6 Å². The van der Waals surface area contributed by atoms with E-state index in [0.717, 1.165) is 12.8 Å². The van der Waals surface area contributed by atoms with Gasteiger partial charge in [0, 0.05) is 42.0 Å². The Balaban J connectivity index is 1.72. The second-order valence-electron chi connectivity index (χ2n) is 5.70. The summed E-state index contributed by atoms with van der Waals surface area (Å²) in [6, 6.07) is 10.4. The van der Waals surface area contributed by atoms with Gasteiger partial charge in [0.2, 0.25) is 0 Å². The van der Waals surface area contributed by atoms with Crippen LogP contribution in [0.25, 0.3) is 0 Å². The van der Waals surface area contributed by atoms with E-state index in [1.165, 1.54) is 0 Å². The number of nitrogens with zero attached hydrogens (tertiary/aromatic N) is 2. The number of benzene rings is 1. The maximum absolute atomic E-state index is 12.6. The first-order valence-electron chi connectivity index (χ1n) is 7.64. The van der Waals surface area contributed by atoms with Crippen molar-refractivity contribution in [3.05, 3.63) is 64.9 Å². The number of pyridine rings is 1. The molecule has 1 saturated heterocycles. The van der Waals surface area contributed by atoms with Crippen molar-refractivity contribution in [2.24, 2.45) is 5.92 Å². The van der Waals surface area contributed by atoms with Crippen molar-refractivity contribution >= 4 is 23.3 Å². The summed E-state index contributed by atoms with van der Waals surface area (Å²) in [6.07, 6.45) is 4.83. The number of likely N-dealkylation sites (tertiary alicyclic amines) is 1. The SMILES string of the molecule is O=C(c1ccc(Cl)cc1)C1CCCN(C(=O)c2cccnc2)C1. The van der Waals surface area contributed by atoms with Gasteiger partial charge in [0.05, 0.1) is 5.56 Å². The third kappa shape index (κ3) is 3.59. The molecule has 0 bridgehead atoms. The molecule has 118 valence electrons. The number of ketones is 1. The van der Waals surface area contributed by atoms with Crippen molar-refractivity contribution in [1.82, 2.24) is 9.88 Å². The van der Waals surface area contributed by atoms with Gasteiger partial charge in [-0.05, 0) is 49.2 Å². The molecular weight excluding hydrogens is 312 g/mol. The predicted molar refractivity (Wildman–Crippen MR) is 88.6 cm³/mol. The Morgan fingerprint density at radius 3 is 2.61 bits per heavy atom. The maximum Gasteiger partial charge on any atom is 0.255 e. The number of aromatic nitrogens is 1. The molecule has 1 aromatic heterocycles. The minimum atomic E-state index is -0.162. The molecule has 0 N–H and O–H groups in total. The molecule has 1 unspecified atom stereocenters. The van der Waals surface area contributed by atoms with Gasteiger partial charge in [0.1, 0.15) is 0 Å². The number of halogens is 1. The number of carbonyl (C=O) groups is 2. The Labute approximate surface area is 140 Å². The monoisotopic (exact) mass is 328 g/mol. The Bertz CT molecular complexity index is 701. The summed E-state index contributed by atoms with van der Waals surface area (Å²) in [5.74, 6) is -0.150. The van der Waals surface area contributed by atoms with Crippen LogP contribution in [0.15, 0.2) is 48.8 Å². The van der Waals surface area contributed by atoms with Gasteiger partial charge < -0.3 is 4.90 Å². The first-order chi connectivity index (χ1) is 11.1. The van der Waals surface area contributed by atoms with Gasteiger partial charge in [-0.2, -0.15) is 0 Å². The highest BCUT2D eigenvalue weighted by Crippen LogP contribution is 2.23. The molecule has 23 heavy (non-hydrogen) atoms. The molecule has 4 nitrogen and oxygen atoms in total. The summed E-state index contributed by atoms with van der Waals surface area (Å²) in [4.78, 5) is 30.9. The maximum atomic E-state index is 12.6. The minimum absolute atomic E-state index is 0.0632. The molecule has 3 rings (SSSR count). The van der Waals surface area contributed by atoms with E-state index in [2.05, 4.69) is 4.98 Å². The van der Waals surface area contributed by atoms with Crippen LogP contribution in [0, 0.1) is 5.92 Å². The Morgan fingerprint density at radius 2 is 1.91 bits per heavy atom. The molecule has 5 heteroatoms. The van der Waals surface area contributed by atoms with Crippen LogP contribution in [0.4, 0.5) is 0 Å². The highest BCUT2D eigenvalue weighted by molar-refractivity contribution is 6.30. The van der Waals surface area contributed by atoms with Crippen molar-refractivity contribution in [1.29, 1.82) is 0 Å². The number of carbonyl (C=O) groups excluding carboxylic acids is 2. The average Bonchev–Trinajstić information content (AvgIpc) is 2.62. The highest BCUT2D eigenvalue weighted by Gasteiger charge is 2.29. The number of Topliss-reactive ketones (excluding diaryl/α,β-unsaturated/α-hetero) is 1. The molecule has 1 aliphatic rings. The van der Waals surface area contributed by atoms with E-state index < -0.39 is 0 Å².